The van der Waals surface area contributed by atoms with Crippen molar-refractivity contribution in [2.24, 2.45) is 0 Å². The second-order valence-corrected chi connectivity index (χ2v) is 8.40. The monoisotopic (exact) mass is 394 g/mol. The molecule has 1 aromatic heterocycles. The van der Waals surface area contributed by atoms with E-state index >= 15 is 0 Å². The minimum Gasteiger partial charge on any atom is -0.491 e. The molecule has 1 unspecified atom stereocenters. The zero-order valence-electron chi connectivity index (χ0n) is 15.0. The number of carbonyl (C=O) groups excluding carboxylic acids is 1. The van der Waals surface area contributed by atoms with Crippen LogP contribution < -0.4 is 4.74 Å². The van der Waals surface area contributed by atoms with Crippen molar-refractivity contribution in [3.8, 4) is 5.75 Å². The van der Waals surface area contributed by atoms with Crippen LogP contribution in [0, 0.1) is 13.8 Å². The summed E-state index contributed by atoms with van der Waals surface area (Å²) in [5, 5.41) is 12.4. The molecule has 1 saturated heterocycles. The third-order valence-corrected chi connectivity index (χ3v) is 5.90. The van der Waals surface area contributed by atoms with E-state index in [4.69, 9.17) is 16.3 Å². The number of aryl methyl sites for hydroxylation is 2. The number of thiazole rings is 1. The number of likely N-dealkylation sites (tertiary alicyclic amines) is 1. The number of ether oxygens (including phenoxy) is 1. The molecule has 2 heterocycles. The Balaban J connectivity index is 1.61. The zero-order valence-corrected chi connectivity index (χ0v) is 16.6. The molecule has 3 rings (SSSR count). The predicted molar refractivity (Wildman–Crippen MR) is 103 cm³/mol. The van der Waals surface area contributed by atoms with Crippen molar-refractivity contribution >= 4 is 28.8 Å². The molecule has 1 N–H and O–H groups in total. The molecule has 0 bridgehead atoms. The van der Waals surface area contributed by atoms with E-state index in [1.165, 1.54) is 11.3 Å². The number of benzene rings is 1. The molecule has 1 atom stereocenters. The molecular weight excluding hydrogens is 372 g/mol. The van der Waals surface area contributed by atoms with Crippen LogP contribution in [0.1, 0.15) is 39.6 Å². The van der Waals surface area contributed by atoms with Gasteiger partial charge in [-0.05, 0) is 51.3 Å². The number of aliphatic hydroxyl groups is 1. The van der Waals surface area contributed by atoms with E-state index in [-0.39, 0.29) is 12.5 Å². The van der Waals surface area contributed by atoms with E-state index < -0.39 is 5.60 Å². The van der Waals surface area contributed by atoms with Gasteiger partial charge in [-0.1, -0.05) is 17.7 Å². The van der Waals surface area contributed by atoms with E-state index in [0.29, 0.717) is 41.6 Å². The molecule has 0 spiro atoms. The standard InChI is InChI=1S/C19H23ClN2O3S/c1-13-17(26-14(2)21-13)18(23)22-9-4-7-19(24,8-10-22)12-25-16-6-3-5-15(20)11-16/h3,5-6,11,24H,4,7-10,12H2,1-2H3. The van der Waals surface area contributed by atoms with Gasteiger partial charge in [0, 0.05) is 18.1 Å². The minimum absolute atomic E-state index is 0.00751. The van der Waals surface area contributed by atoms with Crippen LogP contribution in [0.5, 0.6) is 5.75 Å². The van der Waals surface area contributed by atoms with Crippen molar-refractivity contribution in [1.29, 1.82) is 0 Å². The third-order valence-electron chi connectivity index (χ3n) is 4.61. The molecule has 7 heteroatoms. The van der Waals surface area contributed by atoms with Crippen LogP contribution in [-0.4, -0.2) is 46.2 Å². The first-order valence-corrected chi connectivity index (χ1v) is 9.90. The molecule has 0 radical (unpaired) electrons. The van der Waals surface area contributed by atoms with Gasteiger partial charge in [-0.2, -0.15) is 0 Å². The Hall–Kier alpha value is -1.63. The fourth-order valence-corrected chi connectivity index (χ4v) is 4.24. The summed E-state index contributed by atoms with van der Waals surface area (Å²) >= 11 is 7.39. The summed E-state index contributed by atoms with van der Waals surface area (Å²) in [6.45, 7) is 5.10. The Labute approximate surface area is 162 Å². The maximum Gasteiger partial charge on any atom is 0.265 e. The maximum atomic E-state index is 12.8. The predicted octanol–water partition coefficient (Wildman–Crippen LogP) is 3.85. The highest BCUT2D eigenvalue weighted by molar-refractivity contribution is 7.13. The molecule has 1 fully saturated rings. The number of carbonyl (C=O) groups is 1. The van der Waals surface area contributed by atoms with Crippen LogP contribution in [0.4, 0.5) is 0 Å². The Morgan fingerprint density at radius 1 is 1.38 bits per heavy atom. The van der Waals surface area contributed by atoms with Gasteiger partial charge in [0.2, 0.25) is 0 Å². The molecule has 0 saturated carbocycles. The normalized spacial score (nSPS) is 20.7. The first-order valence-electron chi connectivity index (χ1n) is 8.70. The quantitative estimate of drug-likeness (QED) is 0.855. The van der Waals surface area contributed by atoms with Crippen molar-refractivity contribution in [2.45, 2.75) is 38.7 Å². The molecule has 1 aromatic carbocycles. The number of aromatic nitrogens is 1. The number of halogens is 1. The van der Waals surface area contributed by atoms with Crippen LogP contribution in [-0.2, 0) is 0 Å². The lowest BCUT2D eigenvalue weighted by Gasteiger charge is -2.27. The Morgan fingerprint density at radius 3 is 2.88 bits per heavy atom. The van der Waals surface area contributed by atoms with Crippen LogP contribution in [0.2, 0.25) is 5.02 Å². The van der Waals surface area contributed by atoms with E-state index in [1.54, 1.807) is 12.1 Å². The lowest BCUT2D eigenvalue weighted by Crippen LogP contribution is -2.38. The van der Waals surface area contributed by atoms with E-state index in [1.807, 2.05) is 30.9 Å². The molecule has 1 amide bonds. The van der Waals surface area contributed by atoms with Gasteiger partial charge in [0.1, 0.15) is 22.8 Å². The minimum atomic E-state index is -0.948. The van der Waals surface area contributed by atoms with Gasteiger partial charge in [-0.3, -0.25) is 4.79 Å². The summed E-state index contributed by atoms with van der Waals surface area (Å²) in [5.41, 5.74) is -0.169. The number of amides is 1. The summed E-state index contributed by atoms with van der Waals surface area (Å²) in [4.78, 5) is 19.6. The summed E-state index contributed by atoms with van der Waals surface area (Å²) in [6, 6.07) is 7.14. The lowest BCUT2D eigenvalue weighted by atomic mass is 9.96. The SMILES string of the molecule is Cc1nc(C)c(C(=O)N2CCCC(O)(COc3cccc(Cl)c3)CC2)s1. The fraction of sp³-hybridized carbons (Fsp3) is 0.474. The molecular formula is C19H23ClN2O3S. The number of rotatable bonds is 4. The first-order chi connectivity index (χ1) is 12.4. The maximum absolute atomic E-state index is 12.8. The van der Waals surface area contributed by atoms with Crippen molar-refractivity contribution < 1.29 is 14.6 Å². The van der Waals surface area contributed by atoms with Crippen LogP contribution in [0.25, 0.3) is 0 Å². The number of hydrogen-bond acceptors (Lipinski definition) is 5. The van der Waals surface area contributed by atoms with Gasteiger partial charge >= 0.3 is 0 Å². The van der Waals surface area contributed by atoms with Gasteiger partial charge < -0.3 is 14.7 Å². The highest BCUT2D eigenvalue weighted by Crippen LogP contribution is 2.27. The highest BCUT2D eigenvalue weighted by atomic mass is 35.5. The van der Waals surface area contributed by atoms with Gasteiger partial charge in [-0.25, -0.2) is 4.98 Å². The van der Waals surface area contributed by atoms with Gasteiger partial charge in [0.25, 0.3) is 5.91 Å². The largest absolute Gasteiger partial charge is 0.491 e. The first kappa shape index (κ1) is 19.1. The molecule has 5 nitrogen and oxygen atoms in total. The lowest BCUT2D eigenvalue weighted by molar-refractivity contribution is -0.0163. The molecule has 1 aliphatic rings. The number of hydrogen-bond donors (Lipinski definition) is 1. The van der Waals surface area contributed by atoms with Gasteiger partial charge in [0.05, 0.1) is 10.7 Å². The van der Waals surface area contributed by atoms with Crippen LogP contribution in [0.15, 0.2) is 24.3 Å². The summed E-state index contributed by atoms with van der Waals surface area (Å²) in [6.07, 6.45) is 1.81. The van der Waals surface area contributed by atoms with Crippen LogP contribution in [0.3, 0.4) is 0 Å². The fourth-order valence-electron chi connectivity index (χ4n) is 3.17. The topological polar surface area (TPSA) is 62.7 Å². The average Bonchev–Trinajstić information content (AvgIpc) is 2.81. The Kier molecular flexibility index (Phi) is 5.85. The summed E-state index contributed by atoms with van der Waals surface area (Å²) < 4.78 is 5.74. The van der Waals surface area contributed by atoms with Crippen molar-refractivity contribution in [3.05, 3.63) is 44.9 Å². The highest BCUT2D eigenvalue weighted by Gasteiger charge is 2.33. The molecule has 1 aliphatic heterocycles. The average molecular weight is 395 g/mol. The van der Waals surface area contributed by atoms with Crippen molar-refractivity contribution in [1.82, 2.24) is 9.88 Å². The smallest absolute Gasteiger partial charge is 0.265 e. The zero-order chi connectivity index (χ0) is 18.7. The van der Waals surface area contributed by atoms with Crippen LogP contribution >= 0.6 is 22.9 Å². The second kappa shape index (κ2) is 7.94. The van der Waals surface area contributed by atoms with Crippen molar-refractivity contribution in [3.63, 3.8) is 0 Å². The molecule has 140 valence electrons. The second-order valence-electron chi connectivity index (χ2n) is 6.76. The molecule has 2 aromatic rings. The summed E-state index contributed by atoms with van der Waals surface area (Å²) in [7, 11) is 0. The van der Waals surface area contributed by atoms with E-state index in [9.17, 15) is 9.90 Å². The number of nitrogens with zero attached hydrogens (tertiary/aromatic N) is 2. The Morgan fingerprint density at radius 2 is 2.19 bits per heavy atom. The third kappa shape index (κ3) is 4.55. The summed E-state index contributed by atoms with van der Waals surface area (Å²) in [5.74, 6) is 0.645. The van der Waals surface area contributed by atoms with Crippen molar-refractivity contribution in [2.75, 3.05) is 19.7 Å². The van der Waals surface area contributed by atoms with Gasteiger partial charge in [0.15, 0.2) is 0 Å². The molecule has 0 aliphatic carbocycles. The van der Waals surface area contributed by atoms with E-state index in [2.05, 4.69) is 4.98 Å². The Bertz CT molecular complexity index is 795. The van der Waals surface area contributed by atoms with E-state index in [0.717, 1.165) is 17.1 Å². The van der Waals surface area contributed by atoms with Gasteiger partial charge in [-0.15, -0.1) is 11.3 Å². The molecule has 26 heavy (non-hydrogen) atoms.